The van der Waals surface area contributed by atoms with Gasteiger partial charge in [-0.25, -0.2) is 0 Å². The molecule has 2 N–H and O–H groups in total. The van der Waals surface area contributed by atoms with Crippen molar-refractivity contribution in [2.24, 2.45) is 0 Å². The van der Waals surface area contributed by atoms with Crippen molar-refractivity contribution in [1.29, 1.82) is 0 Å². The molecule has 1 aromatic rings. The lowest BCUT2D eigenvalue weighted by atomic mass is 10.1. The number of aliphatic hydroxyl groups is 1. The van der Waals surface area contributed by atoms with E-state index in [4.69, 9.17) is 0 Å². The number of hydrogen-bond donors (Lipinski definition) is 2. The van der Waals surface area contributed by atoms with Crippen molar-refractivity contribution in [1.82, 2.24) is 5.32 Å². The molecule has 0 fully saturated rings. The summed E-state index contributed by atoms with van der Waals surface area (Å²) >= 11 is 0. The van der Waals surface area contributed by atoms with Crippen LogP contribution >= 0.6 is 0 Å². The highest BCUT2D eigenvalue weighted by molar-refractivity contribution is 5.17. The normalized spacial score (nSPS) is 12.4. The first-order valence-corrected chi connectivity index (χ1v) is 4.39. The summed E-state index contributed by atoms with van der Waals surface area (Å²) in [5.74, 6) is 0. The van der Waals surface area contributed by atoms with Gasteiger partial charge in [0, 0.05) is 13.1 Å². The molecular weight excluding hydrogens is 162 g/mol. The van der Waals surface area contributed by atoms with Gasteiger partial charge in [0.25, 0.3) is 0 Å². The van der Waals surface area contributed by atoms with Crippen LogP contribution in [0.4, 0.5) is 0 Å². The standard InChI is InChI=1S/C11H15NO/c1-2-8-12-9-11(13)10-6-4-3-5-7-10/h2-7,11-13H,1,8-9H2. The van der Waals surface area contributed by atoms with Crippen molar-refractivity contribution in [2.45, 2.75) is 6.10 Å². The van der Waals surface area contributed by atoms with Gasteiger partial charge in [-0.15, -0.1) is 6.58 Å². The lowest BCUT2D eigenvalue weighted by Crippen LogP contribution is -2.21. The van der Waals surface area contributed by atoms with E-state index >= 15 is 0 Å². The Balaban J connectivity index is 2.39. The Morgan fingerprint density at radius 3 is 2.69 bits per heavy atom. The van der Waals surface area contributed by atoms with Crippen molar-refractivity contribution in [3.63, 3.8) is 0 Å². The fourth-order valence-electron chi connectivity index (χ4n) is 1.12. The first kappa shape index (κ1) is 9.96. The Labute approximate surface area is 78.9 Å². The molecule has 0 radical (unpaired) electrons. The third-order valence-electron chi connectivity index (χ3n) is 1.81. The molecule has 1 unspecified atom stereocenters. The second kappa shape index (κ2) is 5.51. The van der Waals surface area contributed by atoms with Crippen LogP contribution in [-0.2, 0) is 0 Å². The van der Waals surface area contributed by atoms with Crippen molar-refractivity contribution in [3.05, 3.63) is 48.6 Å². The molecule has 0 aliphatic heterocycles. The van der Waals surface area contributed by atoms with Crippen LogP contribution in [0.2, 0.25) is 0 Å². The molecule has 0 spiro atoms. The van der Waals surface area contributed by atoms with Gasteiger partial charge in [-0.2, -0.15) is 0 Å². The van der Waals surface area contributed by atoms with E-state index in [2.05, 4.69) is 11.9 Å². The van der Waals surface area contributed by atoms with Crippen LogP contribution in [0.15, 0.2) is 43.0 Å². The minimum absolute atomic E-state index is 0.429. The predicted molar refractivity (Wildman–Crippen MR) is 54.5 cm³/mol. The average Bonchev–Trinajstić information content (AvgIpc) is 2.19. The molecule has 2 nitrogen and oxygen atoms in total. The van der Waals surface area contributed by atoms with Crippen molar-refractivity contribution >= 4 is 0 Å². The Hall–Kier alpha value is -1.12. The number of aliphatic hydroxyl groups excluding tert-OH is 1. The maximum absolute atomic E-state index is 9.65. The molecule has 1 aromatic carbocycles. The van der Waals surface area contributed by atoms with E-state index in [1.54, 1.807) is 6.08 Å². The van der Waals surface area contributed by atoms with Gasteiger partial charge in [-0.1, -0.05) is 36.4 Å². The van der Waals surface area contributed by atoms with Gasteiger partial charge in [-0.05, 0) is 5.56 Å². The first-order valence-electron chi connectivity index (χ1n) is 4.39. The zero-order valence-corrected chi connectivity index (χ0v) is 7.61. The second-order valence-corrected chi connectivity index (χ2v) is 2.87. The molecule has 70 valence electrons. The van der Waals surface area contributed by atoms with Crippen LogP contribution in [0.5, 0.6) is 0 Å². The van der Waals surface area contributed by atoms with Gasteiger partial charge < -0.3 is 10.4 Å². The summed E-state index contributed by atoms with van der Waals surface area (Å²) in [4.78, 5) is 0. The average molecular weight is 177 g/mol. The van der Waals surface area contributed by atoms with Crippen LogP contribution in [0.3, 0.4) is 0 Å². The molecule has 0 aliphatic carbocycles. The second-order valence-electron chi connectivity index (χ2n) is 2.87. The fraction of sp³-hybridized carbons (Fsp3) is 0.273. The maximum atomic E-state index is 9.65. The van der Waals surface area contributed by atoms with E-state index in [9.17, 15) is 5.11 Å². The van der Waals surface area contributed by atoms with Crippen LogP contribution in [0.25, 0.3) is 0 Å². The lowest BCUT2D eigenvalue weighted by molar-refractivity contribution is 0.176. The summed E-state index contributed by atoms with van der Waals surface area (Å²) in [6, 6.07) is 9.62. The monoisotopic (exact) mass is 177 g/mol. The largest absolute Gasteiger partial charge is 0.387 e. The van der Waals surface area contributed by atoms with Gasteiger partial charge in [0.15, 0.2) is 0 Å². The summed E-state index contributed by atoms with van der Waals surface area (Å²) in [5, 5.41) is 12.7. The molecule has 1 rings (SSSR count). The Morgan fingerprint density at radius 1 is 1.38 bits per heavy atom. The first-order chi connectivity index (χ1) is 6.34. The molecule has 13 heavy (non-hydrogen) atoms. The highest BCUT2D eigenvalue weighted by atomic mass is 16.3. The molecule has 0 aliphatic rings. The molecule has 0 saturated carbocycles. The molecule has 0 heterocycles. The van der Waals surface area contributed by atoms with Crippen molar-refractivity contribution in [3.8, 4) is 0 Å². The fourth-order valence-corrected chi connectivity index (χ4v) is 1.12. The van der Waals surface area contributed by atoms with E-state index in [0.29, 0.717) is 6.54 Å². The molecular formula is C11H15NO. The minimum Gasteiger partial charge on any atom is -0.387 e. The van der Waals surface area contributed by atoms with Crippen molar-refractivity contribution < 1.29 is 5.11 Å². The Morgan fingerprint density at radius 2 is 2.08 bits per heavy atom. The molecule has 2 heteroatoms. The summed E-state index contributed by atoms with van der Waals surface area (Å²) in [5.41, 5.74) is 0.944. The molecule has 0 aromatic heterocycles. The minimum atomic E-state index is -0.429. The van der Waals surface area contributed by atoms with E-state index in [1.807, 2.05) is 30.3 Å². The summed E-state index contributed by atoms with van der Waals surface area (Å²) in [6.45, 7) is 4.88. The zero-order chi connectivity index (χ0) is 9.52. The number of benzene rings is 1. The van der Waals surface area contributed by atoms with Crippen LogP contribution in [0, 0.1) is 0 Å². The van der Waals surface area contributed by atoms with E-state index < -0.39 is 6.10 Å². The van der Waals surface area contributed by atoms with E-state index in [1.165, 1.54) is 0 Å². The summed E-state index contributed by atoms with van der Waals surface area (Å²) < 4.78 is 0. The molecule has 0 bridgehead atoms. The van der Waals surface area contributed by atoms with Crippen LogP contribution < -0.4 is 5.32 Å². The number of rotatable bonds is 5. The van der Waals surface area contributed by atoms with Crippen LogP contribution in [-0.4, -0.2) is 18.2 Å². The Bertz CT molecular complexity index is 246. The SMILES string of the molecule is C=CCNCC(O)c1ccccc1. The topological polar surface area (TPSA) is 32.3 Å². The summed E-state index contributed by atoms with van der Waals surface area (Å²) in [6.07, 6.45) is 1.35. The van der Waals surface area contributed by atoms with Gasteiger partial charge in [0.1, 0.15) is 0 Å². The molecule has 0 saturated heterocycles. The molecule has 0 amide bonds. The van der Waals surface area contributed by atoms with Gasteiger partial charge in [0.2, 0.25) is 0 Å². The zero-order valence-electron chi connectivity index (χ0n) is 7.61. The number of nitrogens with one attached hydrogen (secondary N) is 1. The van der Waals surface area contributed by atoms with Gasteiger partial charge >= 0.3 is 0 Å². The van der Waals surface area contributed by atoms with E-state index in [-0.39, 0.29) is 0 Å². The van der Waals surface area contributed by atoms with Gasteiger partial charge in [-0.3, -0.25) is 0 Å². The van der Waals surface area contributed by atoms with Gasteiger partial charge in [0.05, 0.1) is 6.10 Å². The lowest BCUT2D eigenvalue weighted by Gasteiger charge is -2.10. The van der Waals surface area contributed by atoms with E-state index in [0.717, 1.165) is 12.1 Å². The highest BCUT2D eigenvalue weighted by Gasteiger charge is 2.04. The predicted octanol–water partition coefficient (Wildman–Crippen LogP) is 1.50. The van der Waals surface area contributed by atoms with Crippen LogP contribution in [0.1, 0.15) is 11.7 Å². The maximum Gasteiger partial charge on any atom is 0.0914 e. The third-order valence-corrected chi connectivity index (χ3v) is 1.81. The molecule has 1 atom stereocenters. The smallest absolute Gasteiger partial charge is 0.0914 e. The third kappa shape index (κ3) is 3.40. The quantitative estimate of drug-likeness (QED) is 0.527. The Kier molecular flexibility index (Phi) is 4.23. The van der Waals surface area contributed by atoms with Crippen molar-refractivity contribution in [2.75, 3.05) is 13.1 Å². The number of hydrogen-bond acceptors (Lipinski definition) is 2. The summed E-state index contributed by atoms with van der Waals surface area (Å²) in [7, 11) is 0. The highest BCUT2D eigenvalue weighted by Crippen LogP contribution is 2.09.